The van der Waals surface area contributed by atoms with E-state index >= 15 is 0 Å². The molecule has 43 heavy (non-hydrogen) atoms. The molecular formula is C31H38F2N3O5PS. The van der Waals surface area contributed by atoms with Gasteiger partial charge in [0.2, 0.25) is 20.7 Å². The van der Waals surface area contributed by atoms with Gasteiger partial charge in [0, 0.05) is 42.4 Å². The van der Waals surface area contributed by atoms with Crippen molar-refractivity contribution in [3.8, 4) is 0 Å². The van der Waals surface area contributed by atoms with Crippen LogP contribution in [0.3, 0.4) is 0 Å². The number of hydrogen-bond acceptors (Lipinski definition) is 6. The Hall–Kier alpha value is -2.98. The molecule has 3 amide bonds. The van der Waals surface area contributed by atoms with Crippen molar-refractivity contribution < 1.29 is 33.0 Å². The van der Waals surface area contributed by atoms with Gasteiger partial charge in [-0.2, -0.15) is 8.78 Å². The summed E-state index contributed by atoms with van der Waals surface area (Å²) >= 11 is 1.09. The highest BCUT2D eigenvalue weighted by Crippen LogP contribution is 2.53. The number of nitrogens with zero attached hydrogens (tertiary/aromatic N) is 2. The maximum atomic E-state index is 13.4. The van der Waals surface area contributed by atoms with Crippen molar-refractivity contribution >= 4 is 48.0 Å². The average Bonchev–Trinajstić information content (AvgIpc) is 3.61. The molecule has 3 aliphatic rings. The fraction of sp³-hybridized carbons (Fsp3) is 0.452. The lowest BCUT2D eigenvalue weighted by Crippen LogP contribution is -2.46. The number of likely N-dealkylation sites (tertiary alicyclic amines) is 1. The van der Waals surface area contributed by atoms with E-state index in [0.29, 0.717) is 28.0 Å². The summed E-state index contributed by atoms with van der Waals surface area (Å²) in [6.07, 6.45) is 10.3. The summed E-state index contributed by atoms with van der Waals surface area (Å²) in [4.78, 5) is 54.5. The van der Waals surface area contributed by atoms with Crippen molar-refractivity contribution in [2.24, 2.45) is 11.7 Å². The summed E-state index contributed by atoms with van der Waals surface area (Å²) < 4.78 is 27.5. The van der Waals surface area contributed by atoms with Crippen LogP contribution in [0.5, 0.6) is 0 Å². The van der Waals surface area contributed by atoms with Gasteiger partial charge in [-0.15, -0.1) is 11.3 Å². The van der Waals surface area contributed by atoms with Crippen LogP contribution in [-0.4, -0.2) is 63.5 Å². The summed E-state index contributed by atoms with van der Waals surface area (Å²) in [5, 5.41) is 0.419. The fourth-order valence-corrected chi connectivity index (χ4v) is 6.95. The van der Waals surface area contributed by atoms with Crippen LogP contribution in [0.2, 0.25) is 0 Å². The van der Waals surface area contributed by atoms with Gasteiger partial charge in [-0.05, 0) is 67.2 Å². The molecule has 232 valence electrons. The predicted octanol–water partition coefficient (Wildman–Crippen LogP) is 5.60. The Morgan fingerprint density at radius 1 is 1.05 bits per heavy atom. The zero-order valence-corrected chi connectivity index (χ0v) is 25.6. The van der Waals surface area contributed by atoms with Gasteiger partial charge < -0.3 is 25.3 Å². The van der Waals surface area contributed by atoms with Gasteiger partial charge in [-0.3, -0.25) is 14.4 Å². The highest BCUT2D eigenvalue weighted by Gasteiger charge is 2.41. The molecular weight excluding hydrogens is 595 g/mol. The van der Waals surface area contributed by atoms with Crippen LogP contribution in [0.25, 0.3) is 10.1 Å². The van der Waals surface area contributed by atoms with E-state index in [1.165, 1.54) is 49.8 Å². The number of carbonyl (C=O) groups excluding carboxylic acids is 3. The van der Waals surface area contributed by atoms with Crippen LogP contribution in [0, 0.1) is 5.92 Å². The van der Waals surface area contributed by atoms with Gasteiger partial charge >= 0.3 is 5.66 Å². The molecule has 3 aromatic rings. The zero-order valence-electron chi connectivity index (χ0n) is 23.9. The summed E-state index contributed by atoms with van der Waals surface area (Å²) in [6.45, 7) is 2.89. The normalized spacial score (nSPS) is 18.9. The summed E-state index contributed by atoms with van der Waals surface area (Å²) in [6, 6.07) is 16.1. The quantitative estimate of drug-likeness (QED) is 0.241. The fourth-order valence-electron chi connectivity index (χ4n) is 5.68. The largest absolute Gasteiger partial charge is 0.365 e. The van der Waals surface area contributed by atoms with Crippen molar-refractivity contribution in [2.75, 3.05) is 19.6 Å². The third kappa shape index (κ3) is 8.79. The highest BCUT2D eigenvalue weighted by molar-refractivity contribution is 7.46. The highest BCUT2D eigenvalue weighted by atomic mass is 32.1. The second-order valence-corrected chi connectivity index (χ2v) is 13.4. The molecule has 0 radical (unpaired) electrons. The van der Waals surface area contributed by atoms with E-state index in [1.54, 1.807) is 0 Å². The smallest absolute Gasteiger partial charge is 0.339 e. The monoisotopic (exact) mass is 633 g/mol. The van der Waals surface area contributed by atoms with E-state index in [0.717, 1.165) is 68.8 Å². The van der Waals surface area contributed by atoms with Crippen molar-refractivity contribution in [3.63, 3.8) is 0 Å². The number of nitrogens with two attached hydrogens (primary N) is 1. The lowest BCUT2D eigenvalue weighted by Gasteiger charge is -2.36. The van der Waals surface area contributed by atoms with Gasteiger partial charge in [0.05, 0.1) is 4.88 Å². The molecule has 12 heteroatoms. The molecule has 1 unspecified atom stereocenters. The molecule has 6 rings (SSSR count). The molecule has 2 aromatic carbocycles. The molecule has 3 aliphatic heterocycles. The molecule has 4 heterocycles. The van der Waals surface area contributed by atoms with Crippen molar-refractivity contribution in [2.45, 2.75) is 63.1 Å². The average molecular weight is 634 g/mol. The van der Waals surface area contributed by atoms with E-state index in [2.05, 4.69) is 29.2 Å². The van der Waals surface area contributed by atoms with Crippen molar-refractivity contribution in [1.82, 2.24) is 9.80 Å². The van der Waals surface area contributed by atoms with E-state index in [4.69, 9.17) is 15.5 Å². The number of primary amides is 1. The Bertz CT molecular complexity index is 1380. The van der Waals surface area contributed by atoms with Crippen LogP contribution in [0.1, 0.15) is 65.7 Å². The number of hydrogen-bond donors (Lipinski definition) is 3. The van der Waals surface area contributed by atoms with E-state index < -0.39 is 25.5 Å². The van der Waals surface area contributed by atoms with Crippen LogP contribution < -0.4 is 5.73 Å². The number of fused-ring (bicyclic) bond motifs is 2. The van der Waals surface area contributed by atoms with Gasteiger partial charge in [0.25, 0.3) is 5.91 Å². The minimum absolute atomic E-state index is 0.265. The SMILES string of the molecule is NC(=O)c1cc2cc(C(F)(F)P(O)O)ccc2s1.O=C1CCCCCC2CCCN12.O=CN1CC(Cc2ccccc2)C1. The third-order valence-electron chi connectivity index (χ3n) is 7.98. The number of rotatable bonds is 6. The summed E-state index contributed by atoms with van der Waals surface area (Å²) in [7, 11) is -3.40. The Morgan fingerprint density at radius 2 is 1.77 bits per heavy atom. The second-order valence-electron chi connectivity index (χ2n) is 11.2. The lowest BCUT2D eigenvalue weighted by molar-refractivity contribution is -0.132. The molecule has 8 nitrogen and oxygen atoms in total. The first kappa shape index (κ1) is 32.9. The van der Waals surface area contributed by atoms with Crippen LogP contribution in [0.15, 0.2) is 54.6 Å². The first-order valence-electron chi connectivity index (χ1n) is 14.5. The molecule has 0 spiro atoms. The minimum Gasteiger partial charge on any atom is -0.365 e. The van der Waals surface area contributed by atoms with Crippen molar-refractivity contribution in [3.05, 3.63) is 70.6 Å². The Kier molecular flexibility index (Phi) is 11.6. The summed E-state index contributed by atoms with van der Waals surface area (Å²) in [5.41, 5.74) is 2.27. The number of amides is 3. The maximum absolute atomic E-state index is 13.4. The Morgan fingerprint density at radius 3 is 2.44 bits per heavy atom. The Labute approximate surface area is 255 Å². The summed E-state index contributed by atoms with van der Waals surface area (Å²) in [5.74, 6) is 0.459. The number of halogens is 2. The number of carbonyl (C=O) groups is 3. The topological polar surface area (TPSA) is 124 Å². The van der Waals surface area contributed by atoms with E-state index in [1.807, 2.05) is 11.0 Å². The predicted molar refractivity (Wildman–Crippen MR) is 165 cm³/mol. The number of alkyl halides is 2. The van der Waals surface area contributed by atoms with Gasteiger partial charge in [0.1, 0.15) is 0 Å². The van der Waals surface area contributed by atoms with Gasteiger partial charge in [-0.25, -0.2) is 0 Å². The second kappa shape index (κ2) is 15.1. The molecule has 0 aliphatic carbocycles. The minimum atomic E-state index is -3.70. The van der Waals surface area contributed by atoms with Gasteiger partial charge in [-0.1, -0.05) is 49.2 Å². The lowest BCUT2D eigenvalue weighted by atomic mass is 9.93. The molecule has 1 aromatic heterocycles. The first-order valence-corrected chi connectivity index (χ1v) is 16.6. The standard InChI is InChI=1S/C11H13NO.C10H8F2NO3PS.C10H17NO/c13-9-12-7-11(8-12)6-10-4-2-1-3-5-10;11-10(12,17(15)16)6-1-2-7-5(3-6)4-8(18-7)9(13)14;12-10-7-3-1-2-5-9-6-4-8-11(9)10/h1-5,9,11H,6-8H2;1-4,15-16H,(H2,13,14);9H,1-8H2. The van der Waals surface area contributed by atoms with Crippen molar-refractivity contribution in [1.29, 1.82) is 0 Å². The molecule has 4 N–H and O–H groups in total. The van der Waals surface area contributed by atoms with Crippen LogP contribution >= 0.6 is 19.7 Å². The van der Waals surface area contributed by atoms with Crippen LogP contribution in [-0.2, 0) is 21.7 Å². The molecule has 3 fully saturated rings. The molecule has 0 bridgehead atoms. The van der Waals surface area contributed by atoms with E-state index in [-0.39, 0.29) is 4.88 Å². The van der Waals surface area contributed by atoms with E-state index in [9.17, 15) is 23.2 Å². The molecule has 0 saturated carbocycles. The zero-order chi connectivity index (χ0) is 31.0. The van der Waals surface area contributed by atoms with Crippen LogP contribution in [0.4, 0.5) is 8.78 Å². The Balaban J connectivity index is 0.000000151. The first-order chi connectivity index (χ1) is 20.6. The third-order valence-corrected chi connectivity index (χ3v) is 9.88. The number of thiophene rings is 1. The molecule has 1 atom stereocenters. The maximum Gasteiger partial charge on any atom is 0.339 e. The van der Waals surface area contributed by atoms with Gasteiger partial charge in [0.15, 0.2) is 0 Å². The molecule has 3 saturated heterocycles. The number of benzene rings is 2.